The van der Waals surface area contributed by atoms with Crippen molar-refractivity contribution in [2.24, 2.45) is 0 Å². The van der Waals surface area contributed by atoms with Crippen LogP contribution in [0.15, 0.2) is 164 Å². The average molecular weight is 642 g/mol. The first-order chi connectivity index (χ1) is 24.3. The molecule has 0 saturated carbocycles. The van der Waals surface area contributed by atoms with Gasteiger partial charge in [-0.05, 0) is 50.2 Å². The van der Waals surface area contributed by atoms with E-state index >= 15 is 0 Å². The van der Waals surface area contributed by atoms with E-state index in [-0.39, 0.29) is 0 Å². The van der Waals surface area contributed by atoms with Crippen LogP contribution in [0, 0.1) is 0 Å². The number of benzene rings is 8. The minimum atomic E-state index is 0.659. The van der Waals surface area contributed by atoms with Crippen LogP contribution in [0.25, 0.3) is 97.8 Å². The highest BCUT2D eigenvalue weighted by atomic mass is 32.1. The summed E-state index contributed by atoms with van der Waals surface area (Å²) in [6.45, 7) is 0. The Bertz CT molecular complexity index is 2880. The summed E-state index contributed by atoms with van der Waals surface area (Å²) in [5, 5.41) is 9.87. The SMILES string of the molecule is c1ccc(-c2nc(-c3ccc4ccccc4c3)nc(-c3ccc4c(ccc5ccc6c7cccc(-c8ccccc8)c7sc6c54)c3)n2)cc1. The van der Waals surface area contributed by atoms with Crippen molar-refractivity contribution in [3.8, 4) is 45.3 Å². The van der Waals surface area contributed by atoms with E-state index in [1.807, 2.05) is 29.5 Å². The van der Waals surface area contributed by atoms with E-state index < -0.39 is 0 Å². The van der Waals surface area contributed by atoms with Gasteiger partial charge >= 0.3 is 0 Å². The van der Waals surface area contributed by atoms with Crippen LogP contribution >= 0.6 is 11.3 Å². The standard InChI is InChI=1S/C45H27N3S/c1-3-11-29(12-4-1)37-16-9-17-38-39-25-22-30-19-20-33-27-35(23-24-36(33)40(30)42(39)49-41(37)38)45-47-43(31-13-5-2-6-14-31)46-44(48-45)34-21-18-28-10-7-8-15-32(28)26-34/h1-27H. The fourth-order valence-electron chi connectivity index (χ4n) is 7.06. The molecule has 228 valence electrons. The van der Waals surface area contributed by atoms with Crippen molar-refractivity contribution in [1.82, 2.24) is 15.0 Å². The van der Waals surface area contributed by atoms with Gasteiger partial charge in [0.2, 0.25) is 0 Å². The maximum absolute atomic E-state index is 5.07. The van der Waals surface area contributed by atoms with Crippen molar-refractivity contribution in [2.75, 3.05) is 0 Å². The van der Waals surface area contributed by atoms with Crippen molar-refractivity contribution >= 4 is 63.8 Å². The van der Waals surface area contributed by atoms with Crippen LogP contribution in [-0.4, -0.2) is 15.0 Å². The summed E-state index contributed by atoms with van der Waals surface area (Å²) in [5.74, 6) is 1.98. The van der Waals surface area contributed by atoms with Crippen molar-refractivity contribution in [2.45, 2.75) is 0 Å². The first kappa shape index (κ1) is 27.8. The molecule has 10 aromatic rings. The molecule has 0 aliphatic heterocycles. The zero-order valence-electron chi connectivity index (χ0n) is 26.3. The molecule has 4 heteroatoms. The van der Waals surface area contributed by atoms with Crippen LogP contribution in [0.1, 0.15) is 0 Å². The molecule has 0 N–H and O–H groups in total. The fraction of sp³-hybridized carbons (Fsp3) is 0. The van der Waals surface area contributed by atoms with Gasteiger partial charge in [0.25, 0.3) is 0 Å². The quantitative estimate of drug-likeness (QED) is 0.180. The molecule has 49 heavy (non-hydrogen) atoms. The van der Waals surface area contributed by atoms with E-state index in [1.165, 1.54) is 52.8 Å². The highest BCUT2D eigenvalue weighted by Crippen LogP contribution is 2.44. The van der Waals surface area contributed by atoms with Gasteiger partial charge in [-0.1, -0.05) is 152 Å². The zero-order valence-corrected chi connectivity index (χ0v) is 27.2. The van der Waals surface area contributed by atoms with Crippen molar-refractivity contribution in [3.63, 3.8) is 0 Å². The Morgan fingerprint density at radius 2 is 0.878 bits per heavy atom. The third-order valence-electron chi connectivity index (χ3n) is 9.48. The van der Waals surface area contributed by atoms with E-state index in [2.05, 4.69) is 146 Å². The second-order valence-corrected chi connectivity index (χ2v) is 13.4. The molecule has 2 heterocycles. The van der Waals surface area contributed by atoms with Crippen molar-refractivity contribution in [3.05, 3.63) is 164 Å². The number of thiophene rings is 1. The molecule has 3 nitrogen and oxygen atoms in total. The Kier molecular flexibility index (Phi) is 6.36. The Balaban J connectivity index is 1.16. The summed E-state index contributed by atoms with van der Waals surface area (Å²) in [7, 11) is 0. The molecule has 0 amide bonds. The Morgan fingerprint density at radius 1 is 0.327 bits per heavy atom. The molecule has 0 spiro atoms. The van der Waals surface area contributed by atoms with Gasteiger partial charge in [0.15, 0.2) is 17.5 Å². The maximum atomic E-state index is 5.07. The summed E-state index contributed by atoms with van der Waals surface area (Å²) in [5.41, 5.74) is 5.41. The summed E-state index contributed by atoms with van der Waals surface area (Å²) in [4.78, 5) is 15.1. The number of nitrogens with zero attached hydrogens (tertiary/aromatic N) is 3. The molecule has 2 aromatic heterocycles. The molecule has 0 aliphatic rings. The van der Waals surface area contributed by atoms with Crippen LogP contribution in [0.5, 0.6) is 0 Å². The lowest BCUT2D eigenvalue weighted by molar-refractivity contribution is 1.08. The normalized spacial score (nSPS) is 11.7. The van der Waals surface area contributed by atoms with E-state index in [9.17, 15) is 0 Å². The number of hydrogen-bond acceptors (Lipinski definition) is 4. The lowest BCUT2D eigenvalue weighted by Crippen LogP contribution is -2.00. The highest BCUT2D eigenvalue weighted by Gasteiger charge is 2.16. The molecule has 0 saturated heterocycles. The van der Waals surface area contributed by atoms with Gasteiger partial charge in [-0.3, -0.25) is 0 Å². The van der Waals surface area contributed by atoms with E-state index in [0.29, 0.717) is 17.5 Å². The lowest BCUT2D eigenvalue weighted by Gasteiger charge is -2.11. The molecule has 0 unspecified atom stereocenters. The predicted octanol–water partition coefficient (Wildman–Crippen LogP) is 12.4. The van der Waals surface area contributed by atoms with Gasteiger partial charge in [-0.15, -0.1) is 11.3 Å². The van der Waals surface area contributed by atoms with Gasteiger partial charge < -0.3 is 0 Å². The van der Waals surface area contributed by atoms with E-state index in [4.69, 9.17) is 15.0 Å². The summed E-state index contributed by atoms with van der Waals surface area (Å²) >= 11 is 1.89. The molecule has 0 atom stereocenters. The summed E-state index contributed by atoms with van der Waals surface area (Å²) in [6, 6.07) is 58.0. The largest absolute Gasteiger partial charge is 0.208 e. The third-order valence-corrected chi connectivity index (χ3v) is 10.8. The first-order valence-electron chi connectivity index (χ1n) is 16.4. The molecule has 0 fully saturated rings. The van der Waals surface area contributed by atoms with Crippen LogP contribution in [0.4, 0.5) is 0 Å². The number of rotatable bonds is 4. The van der Waals surface area contributed by atoms with Crippen molar-refractivity contribution < 1.29 is 0 Å². The van der Waals surface area contributed by atoms with Crippen LogP contribution in [0.2, 0.25) is 0 Å². The average Bonchev–Trinajstić information content (AvgIpc) is 3.57. The van der Waals surface area contributed by atoms with Crippen LogP contribution in [-0.2, 0) is 0 Å². The molecule has 10 rings (SSSR count). The van der Waals surface area contributed by atoms with Gasteiger partial charge in [0.1, 0.15) is 0 Å². The Morgan fingerprint density at radius 3 is 1.65 bits per heavy atom. The lowest BCUT2D eigenvalue weighted by atomic mass is 9.97. The van der Waals surface area contributed by atoms with E-state index in [0.717, 1.165) is 27.5 Å². The maximum Gasteiger partial charge on any atom is 0.164 e. The molecule has 0 radical (unpaired) electrons. The minimum absolute atomic E-state index is 0.659. The van der Waals surface area contributed by atoms with Crippen molar-refractivity contribution in [1.29, 1.82) is 0 Å². The smallest absolute Gasteiger partial charge is 0.164 e. The van der Waals surface area contributed by atoms with E-state index in [1.54, 1.807) is 0 Å². The Hall–Kier alpha value is -6.23. The predicted molar refractivity (Wildman–Crippen MR) is 207 cm³/mol. The minimum Gasteiger partial charge on any atom is -0.208 e. The first-order valence-corrected chi connectivity index (χ1v) is 17.3. The molecular formula is C45H27N3S. The third kappa shape index (κ3) is 4.68. The second kappa shape index (κ2) is 11.2. The molecular weight excluding hydrogens is 615 g/mol. The molecule has 8 aromatic carbocycles. The Labute approximate surface area is 286 Å². The monoisotopic (exact) mass is 641 g/mol. The van der Waals surface area contributed by atoms with Gasteiger partial charge in [-0.25, -0.2) is 15.0 Å². The van der Waals surface area contributed by atoms with Gasteiger partial charge in [0, 0.05) is 42.2 Å². The fourth-order valence-corrected chi connectivity index (χ4v) is 8.47. The summed E-state index contributed by atoms with van der Waals surface area (Å²) in [6.07, 6.45) is 0. The molecule has 0 aliphatic carbocycles. The zero-order chi connectivity index (χ0) is 32.3. The second-order valence-electron chi connectivity index (χ2n) is 12.4. The van der Waals surface area contributed by atoms with Gasteiger partial charge in [-0.2, -0.15) is 0 Å². The topological polar surface area (TPSA) is 38.7 Å². The summed E-state index contributed by atoms with van der Waals surface area (Å²) < 4.78 is 2.64. The highest BCUT2D eigenvalue weighted by molar-refractivity contribution is 7.27. The molecule has 0 bridgehead atoms. The number of fused-ring (bicyclic) bond motifs is 8. The van der Waals surface area contributed by atoms with Crippen LogP contribution in [0.3, 0.4) is 0 Å². The number of aromatic nitrogens is 3. The van der Waals surface area contributed by atoms with Crippen LogP contribution < -0.4 is 0 Å². The number of hydrogen-bond donors (Lipinski definition) is 0. The van der Waals surface area contributed by atoms with Gasteiger partial charge in [0.05, 0.1) is 0 Å².